The molecule has 2 aliphatic heterocycles. The number of likely N-dealkylation sites (tertiary alicyclic amines) is 2. The number of nitrogens with zero attached hydrogens (tertiary/aromatic N) is 3. The van der Waals surface area contributed by atoms with E-state index < -0.39 is 11.7 Å². The number of benzene rings is 1. The summed E-state index contributed by atoms with van der Waals surface area (Å²) in [5.41, 5.74) is 1.22. The standard InChI is InChI=1S/C28H40ClN3O4/c1-18-7-8-20(15-22(18)29)21-16-32(17-23(21)30(6)26(35)36-27(2,3)4)24(33)19-9-13-31(14-10-19)25(34)28(5)11-12-28/h7-8,15,19,21,23H,9-14,16-17H2,1-6H3/t21-,23+/m1/s1. The third-order valence-corrected chi connectivity index (χ3v) is 8.46. The first-order chi connectivity index (χ1) is 16.8. The van der Waals surface area contributed by atoms with Crippen LogP contribution in [0.5, 0.6) is 0 Å². The van der Waals surface area contributed by atoms with Gasteiger partial charge in [-0.1, -0.05) is 30.7 Å². The maximum Gasteiger partial charge on any atom is 0.410 e. The largest absolute Gasteiger partial charge is 0.444 e. The van der Waals surface area contributed by atoms with E-state index in [1.165, 1.54) is 0 Å². The van der Waals surface area contributed by atoms with Gasteiger partial charge in [0.25, 0.3) is 0 Å². The zero-order valence-corrected chi connectivity index (χ0v) is 23.2. The molecule has 0 aromatic heterocycles. The summed E-state index contributed by atoms with van der Waals surface area (Å²) in [6, 6.07) is 5.76. The zero-order valence-electron chi connectivity index (χ0n) is 22.5. The minimum atomic E-state index is -0.606. The van der Waals surface area contributed by atoms with Gasteiger partial charge in [0.05, 0.1) is 6.04 Å². The Labute approximate surface area is 220 Å². The van der Waals surface area contributed by atoms with Crippen LogP contribution in [-0.2, 0) is 14.3 Å². The highest BCUT2D eigenvalue weighted by atomic mass is 35.5. The van der Waals surface area contributed by atoms with E-state index >= 15 is 0 Å². The fourth-order valence-corrected chi connectivity index (χ4v) is 5.56. The van der Waals surface area contributed by atoms with Gasteiger partial charge >= 0.3 is 6.09 Å². The Morgan fingerprint density at radius 1 is 1.08 bits per heavy atom. The molecule has 1 aliphatic carbocycles. The highest BCUT2D eigenvalue weighted by Gasteiger charge is 2.48. The van der Waals surface area contributed by atoms with Crippen molar-refractivity contribution in [2.75, 3.05) is 33.2 Å². The number of aryl methyl sites for hydroxylation is 1. The van der Waals surface area contributed by atoms with E-state index in [4.69, 9.17) is 16.3 Å². The van der Waals surface area contributed by atoms with E-state index in [0.29, 0.717) is 44.0 Å². The smallest absolute Gasteiger partial charge is 0.410 e. The zero-order chi connectivity index (χ0) is 26.4. The molecule has 0 spiro atoms. The van der Waals surface area contributed by atoms with Crippen LogP contribution in [0.2, 0.25) is 5.02 Å². The van der Waals surface area contributed by atoms with Gasteiger partial charge in [0.1, 0.15) is 5.60 Å². The molecular formula is C28H40ClN3O4. The highest BCUT2D eigenvalue weighted by Crippen LogP contribution is 2.47. The molecule has 3 fully saturated rings. The first-order valence-corrected chi connectivity index (χ1v) is 13.5. The van der Waals surface area contributed by atoms with Crippen molar-refractivity contribution < 1.29 is 19.1 Å². The second kappa shape index (κ2) is 9.88. The van der Waals surface area contributed by atoms with Crippen molar-refractivity contribution in [1.82, 2.24) is 14.7 Å². The quantitative estimate of drug-likeness (QED) is 0.572. The number of hydrogen-bond acceptors (Lipinski definition) is 4. The summed E-state index contributed by atoms with van der Waals surface area (Å²) in [4.78, 5) is 44.7. The van der Waals surface area contributed by atoms with Crippen molar-refractivity contribution >= 4 is 29.5 Å². The van der Waals surface area contributed by atoms with Crippen LogP contribution in [0.25, 0.3) is 0 Å². The summed E-state index contributed by atoms with van der Waals surface area (Å²) >= 11 is 6.45. The Balaban J connectivity index is 1.48. The summed E-state index contributed by atoms with van der Waals surface area (Å²) < 4.78 is 5.64. The van der Waals surface area contributed by atoms with Crippen molar-refractivity contribution in [2.45, 2.75) is 77.9 Å². The van der Waals surface area contributed by atoms with Crippen LogP contribution in [0, 0.1) is 18.3 Å². The number of halogens is 1. The van der Waals surface area contributed by atoms with Gasteiger partial charge in [-0.25, -0.2) is 4.79 Å². The van der Waals surface area contributed by atoms with Crippen LogP contribution in [0.15, 0.2) is 18.2 Å². The Bertz CT molecular complexity index is 1020. The fraction of sp³-hybridized carbons (Fsp3) is 0.679. The van der Waals surface area contributed by atoms with Crippen molar-refractivity contribution in [3.63, 3.8) is 0 Å². The molecule has 1 aromatic carbocycles. The molecule has 3 aliphatic rings. The van der Waals surface area contributed by atoms with Crippen LogP contribution in [-0.4, -0.2) is 77.5 Å². The molecule has 8 heteroatoms. The van der Waals surface area contributed by atoms with E-state index in [1.54, 1.807) is 11.9 Å². The third-order valence-electron chi connectivity index (χ3n) is 8.05. The number of amides is 3. The molecule has 1 aromatic rings. The molecule has 1 saturated carbocycles. The van der Waals surface area contributed by atoms with Gasteiger partial charge in [0, 0.05) is 55.5 Å². The lowest BCUT2D eigenvalue weighted by Crippen LogP contribution is -2.47. The molecule has 0 unspecified atom stereocenters. The molecule has 0 bridgehead atoms. The average Bonchev–Trinajstić information content (AvgIpc) is 3.42. The maximum atomic E-state index is 13.6. The Hall–Kier alpha value is -2.28. The van der Waals surface area contributed by atoms with E-state index in [-0.39, 0.29) is 35.1 Å². The van der Waals surface area contributed by atoms with Gasteiger partial charge in [-0.05, 0) is 70.6 Å². The van der Waals surface area contributed by atoms with Crippen molar-refractivity contribution in [1.29, 1.82) is 0 Å². The molecule has 4 rings (SSSR count). The van der Waals surface area contributed by atoms with E-state index in [0.717, 1.165) is 24.0 Å². The average molecular weight is 518 g/mol. The second-order valence-corrected chi connectivity index (χ2v) is 12.6. The molecule has 2 atom stereocenters. The van der Waals surface area contributed by atoms with Gasteiger partial charge < -0.3 is 19.4 Å². The van der Waals surface area contributed by atoms with Gasteiger partial charge in [-0.2, -0.15) is 0 Å². The summed E-state index contributed by atoms with van der Waals surface area (Å²) in [6.07, 6.45) is 2.91. The number of rotatable bonds is 4. The molecule has 36 heavy (non-hydrogen) atoms. The van der Waals surface area contributed by atoms with Crippen LogP contribution >= 0.6 is 11.6 Å². The van der Waals surface area contributed by atoms with Gasteiger partial charge in [-0.15, -0.1) is 0 Å². The first-order valence-electron chi connectivity index (χ1n) is 13.1. The van der Waals surface area contributed by atoms with Crippen molar-refractivity contribution in [3.05, 3.63) is 34.3 Å². The number of likely N-dealkylation sites (N-methyl/N-ethyl adjacent to an activating group) is 1. The number of carbonyl (C=O) groups excluding carboxylic acids is 3. The normalized spacial score (nSPS) is 24.0. The van der Waals surface area contributed by atoms with Gasteiger partial charge in [0.15, 0.2) is 0 Å². The van der Waals surface area contributed by atoms with Crippen molar-refractivity contribution in [3.8, 4) is 0 Å². The molecule has 198 valence electrons. The minimum Gasteiger partial charge on any atom is -0.444 e. The number of carbonyl (C=O) groups is 3. The van der Waals surface area contributed by atoms with E-state index in [1.807, 2.05) is 62.6 Å². The van der Waals surface area contributed by atoms with Crippen LogP contribution in [0.1, 0.15) is 70.4 Å². The third kappa shape index (κ3) is 5.66. The summed E-state index contributed by atoms with van der Waals surface area (Å²) in [6.45, 7) is 11.8. The molecule has 3 amide bonds. The van der Waals surface area contributed by atoms with Crippen LogP contribution < -0.4 is 0 Å². The lowest BCUT2D eigenvalue weighted by Gasteiger charge is -2.34. The molecule has 0 radical (unpaired) electrons. The van der Waals surface area contributed by atoms with Crippen LogP contribution in [0.3, 0.4) is 0 Å². The lowest BCUT2D eigenvalue weighted by molar-refractivity contribution is -0.142. The summed E-state index contributed by atoms with van der Waals surface area (Å²) in [5, 5.41) is 0.678. The Morgan fingerprint density at radius 2 is 1.72 bits per heavy atom. The van der Waals surface area contributed by atoms with Crippen molar-refractivity contribution in [2.24, 2.45) is 11.3 Å². The molecule has 2 saturated heterocycles. The fourth-order valence-electron chi connectivity index (χ4n) is 5.37. The van der Waals surface area contributed by atoms with Gasteiger partial charge in [-0.3, -0.25) is 9.59 Å². The lowest BCUT2D eigenvalue weighted by atomic mass is 9.92. The molecule has 0 N–H and O–H groups in total. The Morgan fingerprint density at radius 3 is 2.28 bits per heavy atom. The number of ether oxygens (including phenoxy) is 1. The van der Waals surface area contributed by atoms with Gasteiger partial charge in [0.2, 0.25) is 11.8 Å². The molecule has 2 heterocycles. The summed E-state index contributed by atoms with van der Waals surface area (Å²) in [7, 11) is 1.75. The van der Waals surface area contributed by atoms with E-state index in [2.05, 4.69) is 0 Å². The predicted molar refractivity (Wildman–Crippen MR) is 140 cm³/mol. The maximum absolute atomic E-state index is 13.6. The second-order valence-electron chi connectivity index (χ2n) is 12.1. The summed E-state index contributed by atoms with van der Waals surface area (Å²) in [5.74, 6) is 0.183. The first kappa shape index (κ1) is 26.8. The predicted octanol–water partition coefficient (Wildman–Crippen LogP) is 4.85. The topological polar surface area (TPSA) is 70.2 Å². The number of piperidine rings is 1. The monoisotopic (exact) mass is 517 g/mol. The number of hydrogen-bond donors (Lipinski definition) is 0. The SMILES string of the molecule is Cc1ccc([C@H]2CN(C(=O)C3CCN(C(=O)C4(C)CC4)CC3)C[C@@H]2N(C)C(=O)OC(C)(C)C)cc1Cl. The highest BCUT2D eigenvalue weighted by molar-refractivity contribution is 6.31. The minimum absolute atomic E-state index is 0.0685. The molecular weight excluding hydrogens is 478 g/mol. The Kier molecular flexibility index (Phi) is 7.35. The molecule has 7 nitrogen and oxygen atoms in total. The van der Waals surface area contributed by atoms with Crippen LogP contribution in [0.4, 0.5) is 4.79 Å². The van der Waals surface area contributed by atoms with E-state index in [9.17, 15) is 14.4 Å².